The van der Waals surface area contributed by atoms with Crippen molar-refractivity contribution in [2.24, 2.45) is 0 Å². The van der Waals surface area contributed by atoms with Gasteiger partial charge in [0.25, 0.3) is 5.91 Å². The molecule has 0 spiro atoms. The first-order valence-electron chi connectivity index (χ1n) is 10.6. The van der Waals surface area contributed by atoms with E-state index in [0.717, 1.165) is 25.6 Å². The summed E-state index contributed by atoms with van der Waals surface area (Å²) in [6.07, 6.45) is 2.24. The number of halogens is 1. The Morgan fingerprint density at radius 1 is 1.03 bits per heavy atom. The molecule has 35 heavy (non-hydrogen) atoms. The minimum absolute atomic E-state index is 0. The monoisotopic (exact) mass is 559 g/mol. The normalized spacial score (nSPS) is 15.0. The number of rotatable bonds is 7. The van der Waals surface area contributed by atoms with Crippen LogP contribution >= 0.6 is 23.7 Å². The van der Waals surface area contributed by atoms with Gasteiger partial charge in [0, 0.05) is 44.3 Å². The SMILES string of the molecule is CS(=O)(=O)c1ccc(C(=O)N(CCN2CCOCC2)c2nc3c(S(C)(=O)=O)cccc3s2)cc1.Cl. The van der Waals surface area contributed by atoms with Gasteiger partial charge in [-0.25, -0.2) is 21.8 Å². The third-order valence-corrected chi connectivity index (χ3v) is 8.82. The number of carbonyl (C=O) groups excluding carboxylic acids is 1. The molecule has 1 aromatic heterocycles. The Morgan fingerprint density at radius 3 is 2.29 bits per heavy atom. The molecule has 1 aliphatic rings. The number of morpholine rings is 1. The molecule has 0 radical (unpaired) electrons. The second kappa shape index (κ2) is 10.9. The zero-order valence-corrected chi connectivity index (χ0v) is 22.5. The van der Waals surface area contributed by atoms with Gasteiger partial charge in [0.15, 0.2) is 24.8 Å². The lowest BCUT2D eigenvalue weighted by molar-refractivity contribution is 0.0391. The van der Waals surface area contributed by atoms with E-state index in [-0.39, 0.29) is 28.1 Å². The fourth-order valence-electron chi connectivity index (χ4n) is 3.68. The van der Waals surface area contributed by atoms with E-state index in [0.29, 0.717) is 47.2 Å². The van der Waals surface area contributed by atoms with Crippen LogP contribution in [0.5, 0.6) is 0 Å². The fraction of sp³-hybridized carbons (Fsp3) is 0.364. The van der Waals surface area contributed by atoms with Crippen molar-refractivity contribution in [1.82, 2.24) is 9.88 Å². The molecule has 4 rings (SSSR count). The summed E-state index contributed by atoms with van der Waals surface area (Å²) in [5.74, 6) is -0.340. The highest BCUT2D eigenvalue weighted by Crippen LogP contribution is 2.33. The summed E-state index contributed by atoms with van der Waals surface area (Å²) >= 11 is 1.24. The lowest BCUT2D eigenvalue weighted by atomic mass is 10.2. The molecule has 190 valence electrons. The average molecular weight is 560 g/mol. The third kappa shape index (κ3) is 6.38. The van der Waals surface area contributed by atoms with E-state index in [2.05, 4.69) is 9.88 Å². The zero-order valence-electron chi connectivity index (χ0n) is 19.2. The number of aromatic nitrogens is 1. The summed E-state index contributed by atoms with van der Waals surface area (Å²) < 4.78 is 54.1. The summed E-state index contributed by atoms with van der Waals surface area (Å²) in [7, 11) is -6.89. The first-order valence-corrected chi connectivity index (χ1v) is 15.2. The number of hydrogen-bond acceptors (Lipinski definition) is 9. The highest BCUT2D eigenvalue weighted by atomic mass is 35.5. The molecule has 0 bridgehead atoms. The van der Waals surface area contributed by atoms with Gasteiger partial charge >= 0.3 is 0 Å². The Hall–Kier alpha value is -2.09. The van der Waals surface area contributed by atoms with Crippen LogP contribution in [0.4, 0.5) is 5.13 Å². The van der Waals surface area contributed by atoms with Gasteiger partial charge in [0.2, 0.25) is 0 Å². The number of para-hydroxylation sites is 1. The number of fused-ring (bicyclic) bond motifs is 1. The smallest absolute Gasteiger partial charge is 0.260 e. The molecule has 1 aliphatic heterocycles. The number of anilines is 1. The summed E-state index contributed by atoms with van der Waals surface area (Å²) in [6.45, 7) is 3.68. The first kappa shape index (κ1) is 27.5. The number of carbonyl (C=O) groups is 1. The molecule has 2 heterocycles. The quantitative estimate of drug-likeness (QED) is 0.434. The van der Waals surface area contributed by atoms with Gasteiger partial charge in [-0.2, -0.15) is 0 Å². The topological polar surface area (TPSA) is 114 Å². The molecule has 2 aromatic carbocycles. The highest BCUT2D eigenvalue weighted by molar-refractivity contribution is 7.91. The van der Waals surface area contributed by atoms with Crippen LogP contribution in [0.25, 0.3) is 10.2 Å². The van der Waals surface area contributed by atoms with Crippen molar-refractivity contribution in [2.75, 3.05) is 56.8 Å². The standard InChI is InChI=1S/C22H25N3O6S3.ClH/c1-33(27,28)17-8-6-16(7-9-17)21(26)25(11-10-24-12-14-31-15-13-24)22-23-20-18(32-22)4-3-5-19(20)34(2,29)30;/h3-9H,10-15H2,1-2H3;1H. The fourth-order valence-corrected chi connectivity index (χ4v) is 6.22. The second-order valence-corrected chi connectivity index (χ2v) is 13.1. The van der Waals surface area contributed by atoms with Crippen molar-refractivity contribution in [1.29, 1.82) is 0 Å². The molecule has 1 fully saturated rings. The van der Waals surface area contributed by atoms with Crippen LogP contribution in [0.3, 0.4) is 0 Å². The number of amides is 1. The van der Waals surface area contributed by atoms with Crippen LogP contribution in [0, 0.1) is 0 Å². The van der Waals surface area contributed by atoms with E-state index in [1.54, 1.807) is 12.1 Å². The van der Waals surface area contributed by atoms with Crippen LogP contribution < -0.4 is 4.90 Å². The molecule has 9 nitrogen and oxygen atoms in total. The van der Waals surface area contributed by atoms with Gasteiger partial charge in [-0.3, -0.25) is 14.6 Å². The van der Waals surface area contributed by atoms with Crippen molar-refractivity contribution in [3.05, 3.63) is 48.0 Å². The molecule has 0 atom stereocenters. The number of ether oxygens (including phenoxy) is 1. The first-order chi connectivity index (χ1) is 16.0. The van der Waals surface area contributed by atoms with E-state index < -0.39 is 19.7 Å². The van der Waals surface area contributed by atoms with Crippen molar-refractivity contribution >= 4 is 64.7 Å². The van der Waals surface area contributed by atoms with E-state index in [1.807, 2.05) is 0 Å². The van der Waals surface area contributed by atoms with Gasteiger partial charge in [-0.15, -0.1) is 12.4 Å². The van der Waals surface area contributed by atoms with E-state index in [9.17, 15) is 21.6 Å². The molecule has 13 heteroatoms. The summed E-state index contributed by atoms with van der Waals surface area (Å²) in [5, 5.41) is 0.386. The summed E-state index contributed by atoms with van der Waals surface area (Å²) in [4.78, 5) is 22.0. The maximum Gasteiger partial charge on any atom is 0.260 e. The van der Waals surface area contributed by atoms with Crippen molar-refractivity contribution in [3.8, 4) is 0 Å². The van der Waals surface area contributed by atoms with Crippen LogP contribution in [-0.4, -0.2) is 84.5 Å². The van der Waals surface area contributed by atoms with E-state index >= 15 is 0 Å². The number of thiazole rings is 1. The van der Waals surface area contributed by atoms with Gasteiger partial charge in [0.1, 0.15) is 5.52 Å². The van der Waals surface area contributed by atoms with Crippen LogP contribution in [-0.2, 0) is 24.4 Å². The maximum absolute atomic E-state index is 13.5. The second-order valence-electron chi connectivity index (χ2n) is 8.08. The average Bonchev–Trinajstić information content (AvgIpc) is 3.22. The van der Waals surface area contributed by atoms with Gasteiger partial charge in [-0.1, -0.05) is 17.4 Å². The Kier molecular flexibility index (Phi) is 8.56. The van der Waals surface area contributed by atoms with Gasteiger partial charge < -0.3 is 4.74 Å². The van der Waals surface area contributed by atoms with Gasteiger partial charge in [0.05, 0.1) is 27.7 Å². The number of nitrogens with zero attached hydrogens (tertiary/aromatic N) is 3. The zero-order chi connectivity index (χ0) is 24.5. The van der Waals surface area contributed by atoms with Crippen molar-refractivity contribution < 1.29 is 26.4 Å². The molecule has 0 aliphatic carbocycles. The summed E-state index contributed by atoms with van der Waals surface area (Å²) in [6, 6.07) is 10.7. The highest BCUT2D eigenvalue weighted by Gasteiger charge is 2.25. The lowest BCUT2D eigenvalue weighted by Gasteiger charge is -2.29. The minimum Gasteiger partial charge on any atom is -0.379 e. The predicted octanol–water partition coefficient (Wildman–Crippen LogP) is 2.50. The number of hydrogen-bond donors (Lipinski definition) is 0. The Morgan fingerprint density at radius 2 is 1.69 bits per heavy atom. The van der Waals surface area contributed by atoms with Crippen molar-refractivity contribution in [3.63, 3.8) is 0 Å². The van der Waals surface area contributed by atoms with Crippen LogP contribution in [0.2, 0.25) is 0 Å². The third-order valence-electron chi connectivity index (χ3n) is 5.52. The molecule has 1 amide bonds. The molecular formula is C22H26ClN3O6S3. The van der Waals surface area contributed by atoms with E-state index in [4.69, 9.17) is 4.74 Å². The Bertz CT molecular complexity index is 1420. The Labute approximate surface area is 215 Å². The largest absolute Gasteiger partial charge is 0.379 e. The van der Waals surface area contributed by atoms with Crippen LogP contribution in [0.1, 0.15) is 10.4 Å². The Balaban J connectivity index is 0.00000342. The van der Waals surface area contributed by atoms with Crippen molar-refractivity contribution in [2.45, 2.75) is 9.79 Å². The molecular weight excluding hydrogens is 534 g/mol. The van der Waals surface area contributed by atoms with Gasteiger partial charge in [-0.05, 0) is 36.4 Å². The summed E-state index contributed by atoms with van der Waals surface area (Å²) in [5.41, 5.74) is 0.651. The molecule has 3 aromatic rings. The number of sulfone groups is 2. The minimum atomic E-state index is -3.50. The van der Waals surface area contributed by atoms with Crippen LogP contribution in [0.15, 0.2) is 52.3 Å². The predicted molar refractivity (Wildman–Crippen MR) is 138 cm³/mol. The molecule has 0 saturated carbocycles. The molecule has 0 N–H and O–H groups in total. The maximum atomic E-state index is 13.5. The molecule has 1 saturated heterocycles. The lowest BCUT2D eigenvalue weighted by Crippen LogP contribution is -2.43. The molecule has 0 unspecified atom stereocenters. The van der Waals surface area contributed by atoms with E-state index in [1.165, 1.54) is 46.6 Å². The number of benzene rings is 2.